The fourth-order valence-corrected chi connectivity index (χ4v) is 6.94. The van der Waals surface area contributed by atoms with Crippen LogP contribution in [0.1, 0.15) is 124 Å². The Labute approximate surface area is 384 Å². The molecule has 0 aliphatic rings. The molecule has 6 aromatic rings. The van der Waals surface area contributed by atoms with Crippen LogP contribution in [0.15, 0.2) is 146 Å². The van der Waals surface area contributed by atoms with E-state index in [0.29, 0.717) is 23.7 Å². The summed E-state index contributed by atoms with van der Waals surface area (Å²) in [5, 5.41) is 10.2. The second-order valence-electron chi connectivity index (χ2n) is 16.0. The zero-order valence-electron chi connectivity index (χ0n) is 36.6. The third kappa shape index (κ3) is 14.3. The van der Waals surface area contributed by atoms with Crippen LogP contribution in [0.4, 0.5) is 11.4 Å². The van der Waals surface area contributed by atoms with Crippen molar-refractivity contribution in [3.8, 4) is 0 Å². The molecule has 0 radical (unpaired) electrons. The van der Waals surface area contributed by atoms with Crippen molar-refractivity contribution in [2.75, 3.05) is 13.1 Å². The summed E-state index contributed by atoms with van der Waals surface area (Å²) in [6, 6.07) is 46.3. The first kappa shape index (κ1) is 47.1. The Hall–Kier alpha value is -4.62. The molecule has 0 amide bonds. The minimum Gasteiger partial charge on any atom is -0.369 e. The van der Waals surface area contributed by atoms with Gasteiger partial charge in [-0.2, -0.15) is 0 Å². The summed E-state index contributed by atoms with van der Waals surface area (Å²) in [5.41, 5.74) is 12.2. The molecule has 2 aromatic heterocycles. The van der Waals surface area contributed by atoms with Crippen molar-refractivity contribution in [3.63, 3.8) is 0 Å². The number of rotatable bonds is 14. The van der Waals surface area contributed by atoms with Crippen LogP contribution in [-0.4, -0.2) is 62.5 Å². The van der Waals surface area contributed by atoms with Gasteiger partial charge < -0.3 is 9.98 Å². The first-order valence-corrected chi connectivity index (χ1v) is 21.0. The van der Waals surface area contributed by atoms with Crippen molar-refractivity contribution in [2.24, 2.45) is 0 Å². The van der Waals surface area contributed by atoms with Crippen molar-refractivity contribution >= 4 is 60.8 Å². The van der Waals surface area contributed by atoms with Gasteiger partial charge in [0.15, 0.2) is 23.8 Å². The van der Waals surface area contributed by atoms with Gasteiger partial charge in [-0.25, -0.2) is 15.3 Å². The van der Waals surface area contributed by atoms with Crippen molar-refractivity contribution in [3.05, 3.63) is 201 Å². The molecule has 0 fully saturated rings. The second kappa shape index (κ2) is 24.5. The monoisotopic (exact) mass is 812 g/mol. The Morgan fingerprint density at radius 3 is 1.39 bits per heavy atom. The molecule has 4 aromatic carbocycles. The molecule has 0 atom stereocenters. The average molecular weight is 813 g/mol. The van der Waals surface area contributed by atoms with Gasteiger partial charge in [0.1, 0.15) is 11.7 Å². The van der Waals surface area contributed by atoms with Crippen LogP contribution < -0.4 is 20.0 Å². The molecule has 4 N–H and O–H groups in total. The summed E-state index contributed by atoms with van der Waals surface area (Å²) in [5.74, 6) is 3.57. The van der Waals surface area contributed by atoms with E-state index in [1.165, 1.54) is 39.3 Å². The van der Waals surface area contributed by atoms with Gasteiger partial charge in [0.05, 0.1) is 18.7 Å². The maximum absolute atomic E-state index is 5.20. The predicted octanol–water partition coefficient (Wildman–Crippen LogP) is 8.66. The first-order chi connectivity index (χ1) is 28.1. The minimum absolute atomic E-state index is 0. The zero-order valence-corrected chi connectivity index (χ0v) is 38.8. The molecular weight excluding hydrogens is 749 g/mol. The predicted molar refractivity (Wildman–Crippen MR) is 247 cm³/mol. The van der Waals surface area contributed by atoms with Crippen molar-refractivity contribution in [2.45, 2.75) is 91.9 Å². The number of nitrogens with zero attached hydrogens (tertiary/aromatic N) is 2. The van der Waals surface area contributed by atoms with E-state index in [1.54, 1.807) is 0 Å². The minimum atomic E-state index is 0. The molecule has 6 nitrogen and oxygen atoms in total. The number of benzene rings is 4. The summed E-state index contributed by atoms with van der Waals surface area (Å²) in [6.07, 6.45) is 5.72. The molecular formula is C52H64CaN6+4. The molecule has 0 aliphatic carbocycles. The van der Waals surface area contributed by atoms with Crippen molar-refractivity contribution in [1.29, 1.82) is 0 Å². The smallest absolute Gasteiger partial charge is 0.369 e. The second-order valence-corrected chi connectivity index (χ2v) is 16.0. The van der Waals surface area contributed by atoms with Gasteiger partial charge in [-0.3, -0.25) is 5.32 Å². The van der Waals surface area contributed by atoms with Crippen LogP contribution >= 0.6 is 0 Å². The van der Waals surface area contributed by atoms with Crippen LogP contribution in [0.2, 0.25) is 0 Å². The van der Waals surface area contributed by atoms with Crippen molar-refractivity contribution in [1.82, 2.24) is 0 Å². The fraction of sp³-hybridized carbons (Fsp3) is 0.308. The van der Waals surface area contributed by atoms with Crippen LogP contribution in [0.25, 0.3) is 10.6 Å². The number of para-hydroxylation sites is 2. The summed E-state index contributed by atoms with van der Waals surface area (Å²) >= 11 is 0. The number of amidine groups is 2. The van der Waals surface area contributed by atoms with E-state index in [2.05, 4.69) is 185 Å². The molecule has 0 unspecified atom stereocenters. The summed E-state index contributed by atoms with van der Waals surface area (Å²) in [4.78, 5) is 13.9. The Kier molecular flexibility index (Phi) is 19.5. The summed E-state index contributed by atoms with van der Waals surface area (Å²) in [7, 11) is 0. The summed E-state index contributed by atoms with van der Waals surface area (Å²) in [6.45, 7) is 19.5. The van der Waals surface area contributed by atoms with E-state index >= 15 is 0 Å². The Morgan fingerprint density at radius 2 is 0.932 bits per heavy atom. The maximum Gasteiger partial charge on any atom is 2.00 e. The van der Waals surface area contributed by atoms with Gasteiger partial charge in [0.25, 0.3) is 0 Å². The van der Waals surface area contributed by atoms with Gasteiger partial charge in [-0.05, 0) is 45.9 Å². The molecule has 300 valence electrons. The SMILES string of the molecule is CC(C)c1cccc(C(C)C)c1[N-]C(=[NH+]CCc1cccc[nH+]1)c1ccccc1.CC(C)c1cccc(C(C)C)c1[NH+]=C([N-]CCc1cccc[nH+]1)c1ccccc1.[Ca+2]. The normalized spacial score (nSPS) is 11.7. The van der Waals surface area contributed by atoms with E-state index < -0.39 is 0 Å². The largest absolute Gasteiger partial charge is 2.00 e. The quantitative estimate of drug-likeness (QED) is 0.0628. The number of hydrogen-bond donors (Lipinski definition) is 2. The van der Waals surface area contributed by atoms with E-state index in [4.69, 9.17) is 10.6 Å². The molecule has 59 heavy (non-hydrogen) atoms. The standard InChI is InChI=1S/2C26H30N3.Ca/c2*1-19(2)23-14-10-15-24(20(3)4)25(23)29-26(21-11-6-5-7-12-21)28-18-16-22-13-8-9-17-27-22;/h2*5-15,17,19-20H,16,18H2,1-4H3;/q2*-1;+2/p+4. The molecule has 0 spiro atoms. The zero-order chi connectivity index (χ0) is 41.3. The first-order valence-electron chi connectivity index (χ1n) is 21.0. The number of hydrogen-bond acceptors (Lipinski definition) is 0. The Bertz CT molecular complexity index is 2130. The van der Waals surface area contributed by atoms with E-state index in [-0.39, 0.29) is 37.7 Å². The molecule has 0 saturated carbocycles. The van der Waals surface area contributed by atoms with Crippen LogP contribution in [0, 0.1) is 0 Å². The molecule has 0 aliphatic heterocycles. The van der Waals surface area contributed by atoms with E-state index in [0.717, 1.165) is 54.4 Å². The van der Waals surface area contributed by atoms with Crippen LogP contribution in [-0.2, 0) is 12.8 Å². The Morgan fingerprint density at radius 1 is 0.492 bits per heavy atom. The topological polar surface area (TPSA) is 84.4 Å². The number of H-pyrrole nitrogens is 2. The van der Waals surface area contributed by atoms with Crippen molar-refractivity contribution < 1.29 is 20.0 Å². The number of pyridine rings is 2. The number of aromatic amines is 2. The molecule has 6 rings (SSSR count). The summed E-state index contributed by atoms with van der Waals surface area (Å²) < 4.78 is 0. The van der Waals surface area contributed by atoms with Gasteiger partial charge in [-0.15, -0.1) is 0 Å². The van der Waals surface area contributed by atoms with Crippen LogP contribution in [0.3, 0.4) is 0 Å². The Balaban J connectivity index is 0.000000256. The molecule has 7 heteroatoms. The van der Waals surface area contributed by atoms with Gasteiger partial charge in [-0.1, -0.05) is 165 Å². The van der Waals surface area contributed by atoms with Gasteiger partial charge >= 0.3 is 37.7 Å². The molecule has 0 saturated heterocycles. The van der Waals surface area contributed by atoms with Crippen LogP contribution in [0.5, 0.6) is 0 Å². The van der Waals surface area contributed by atoms with E-state index in [9.17, 15) is 0 Å². The number of nitrogens with one attached hydrogen (secondary N) is 4. The maximum atomic E-state index is 5.20. The molecule has 0 bridgehead atoms. The fourth-order valence-electron chi connectivity index (χ4n) is 6.94. The van der Waals surface area contributed by atoms with Gasteiger partial charge in [0, 0.05) is 54.0 Å². The third-order valence-electron chi connectivity index (χ3n) is 10.2. The third-order valence-corrected chi connectivity index (χ3v) is 10.2. The number of aromatic nitrogens is 2. The van der Waals surface area contributed by atoms with E-state index in [1.807, 2.05) is 36.7 Å². The molecule has 2 heterocycles. The average Bonchev–Trinajstić information content (AvgIpc) is 3.24. The van der Waals surface area contributed by atoms with Gasteiger partial charge in [0.2, 0.25) is 0 Å².